The second-order valence-electron chi connectivity index (χ2n) is 7.00. The predicted molar refractivity (Wildman–Crippen MR) is 109 cm³/mol. The van der Waals surface area contributed by atoms with E-state index in [0.717, 1.165) is 34.2 Å². The van der Waals surface area contributed by atoms with Crippen molar-refractivity contribution in [2.75, 3.05) is 20.3 Å². The van der Waals surface area contributed by atoms with Crippen LogP contribution in [0.4, 0.5) is 4.79 Å². The Morgan fingerprint density at radius 2 is 2.11 bits per heavy atom. The Labute approximate surface area is 164 Å². The highest BCUT2D eigenvalue weighted by Crippen LogP contribution is 2.40. The molecule has 0 saturated carbocycles. The van der Waals surface area contributed by atoms with Crippen molar-refractivity contribution in [3.8, 4) is 11.5 Å². The summed E-state index contributed by atoms with van der Waals surface area (Å²) >= 11 is 0. The van der Waals surface area contributed by atoms with Gasteiger partial charge in [-0.3, -0.25) is 0 Å². The van der Waals surface area contributed by atoms with Gasteiger partial charge < -0.3 is 25.1 Å². The van der Waals surface area contributed by atoms with Gasteiger partial charge in [-0.15, -0.1) is 0 Å². The summed E-state index contributed by atoms with van der Waals surface area (Å²) in [5.41, 5.74) is 10.2. The van der Waals surface area contributed by atoms with Gasteiger partial charge in [0.15, 0.2) is 11.5 Å². The van der Waals surface area contributed by atoms with Gasteiger partial charge in [0, 0.05) is 23.6 Å². The van der Waals surface area contributed by atoms with Crippen LogP contribution in [0.5, 0.6) is 11.5 Å². The largest absolute Gasteiger partial charge is 0.493 e. The maximum atomic E-state index is 12.2. The SMILES string of the molecule is CCOc1cc2c(cc1OC)CCN(C(N)=O)[C@H]2Cc1c[nH]c2ccccc12. The molecule has 4 rings (SSSR count). The Morgan fingerprint density at radius 3 is 2.86 bits per heavy atom. The van der Waals surface area contributed by atoms with Gasteiger partial charge in [-0.05, 0) is 54.7 Å². The van der Waals surface area contributed by atoms with Crippen molar-refractivity contribution in [1.29, 1.82) is 0 Å². The third kappa shape index (κ3) is 3.15. The van der Waals surface area contributed by atoms with Gasteiger partial charge in [0.05, 0.1) is 19.8 Å². The molecule has 0 aliphatic carbocycles. The molecule has 0 spiro atoms. The fourth-order valence-corrected chi connectivity index (χ4v) is 4.13. The van der Waals surface area contributed by atoms with Crippen LogP contribution in [0.25, 0.3) is 10.9 Å². The monoisotopic (exact) mass is 379 g/mol. The number of carbonyl (C=O) groups excluding carboxylic acids is 1. The Morgan fingerprint density at radius 1 is 1.29 bits per heavy atom. The molecule has 2 aromatic carbocycles. The first-order valence-corrected chi connectivity index (χ1v) is 9.57. The lowest BCUT2D eigenvalue weighted by molar-refractivity contribution is 0.177. The fraction of sp³-hybridized carbons (Fsp3) is 0.318. The van der Waals surface area contributed by atoms with Crippen molar-refractivity contribution in [3.63, 3.8) is 0 Å². The molecule has 146 valence electrons. The molecule has 1 aromatic heterocycles. The van der Waals surface area contributed by atoms with E-state index in [1.54, 1.807) is 12.0 Å². The van der Waals surface area contributed by atoms with Crippen LogP contribution in [0.3, 0.4) is 0 Å². The smallest absolute Gasteiger partial charge is 0.315 e. The molecule has 0 saturated heterocycles. The highest BCUT2D eigenvalue weighted by molar-refractivity contribution is 5.83. The van der Waals surface area contributed by atoms with E-state index < -0.39 is 6.03 Å². The van der Waals surface area contributed by atoms with E-state index in [-0.39, 0.29) is 6.04 Å². The molecule has 6 nitrogen and oxygen atoms in total. The number of para-hydroxylation sites is 1. The summed E-state index contributed by atoms with van der Waals surface area (Å²) in [5, 5.41) is 1.16. The van der Waals surface area contributed by atoms with Crippen LogP contribution in [-0.2, 0) is 12.8 Å². The van der Waals surface area contributed by atoms with Crippen LogP contribution in [-0.4, -0.2) is 36.2 Å². The van der Waals surface area contributed by atoms with Crippen LogP contribution in [0.2, 0.25) is 0 Å². The summed E-state index contributed by atoms with van der Waals surface area (Å²) < 4.78 is 11.3. The van der Waals surface area contributed by atoms with Crippen LogP contribution in [0.1, 0.15) is 29.7 Å². The number of ether oxygens (including phenoxy) is 2. The molecule has 0 radical (unpaired) electrons. The summed E-state index contributed by atoms with van der Waals surface area (Å²) in [6, 6.07) is 11.7. The van der Waals surface area contributed by atoms with Crippen LogP contribution in [0, 0.1) is 0 Å². The molecule has 1 aliphatic rings. The van der Waals surface area contributed by atoms with Crippen molar-refractivity contribution in [3.05, 3.63) is 59.3 Å². The molecule has 0 unspecified atom stereocenters. The maximum absolute atomic E-state index is 12.2. The molecule has 2 amide bonds. The number of hydrogen-bond acceptors (Lipinski definition) is 3. The lowest BCUT2D eigenvalue weighted by Gasteiger charge is -2.37. The minimum Gasteiger partial charge on any atom is -0.493 e. The van der Waals surface area contributed by atoms with Gasteiger partial charge in [0.1, 0.15) is 0 Å². The summed E-state index contributed by atoms with van der Waals surface area (Å²) in [5.74, 6) is 1.41. The average molecular weight is 379 g/mol. The summed E-state index contributed by atoms with van der Waals surface area (Å²) in [6.45, 7) is 3.08. The van der Waals surface area contributed by atoms with Gasteiger partial charge in [0.2, 0.25) is 0 Å². The number of aromatic nitrogens is 1. The van der Waals surface area contributed by atoms with E-state index >= 15 is 0 Å². The topological polar surface area (TPSA) is 80.6 Å². The summed E-state index contributed by atoms with van der Waals surface area (Å²) in [7, 11) is 1.65. The minimum atomic E-state index is -0.399. The van der Waals surface area contributed by atoms with Crippen LogP contribution < -0.4 is 15.2 Å². The second kappa shape index (κ2) is 7.46. The summed E-state index contributed by atoms with van der Waals surface area (Å²) in [6.07, 6.45) is 3.44. The molecular formula is C22H25N3O3. The number of carbonyl (C=O) groups is 1. The molecular weight excluding hydrogens is 354 g/mol. The highest BCUT2D eigenvalue weighted by atomic mass is 16.5. The molecule has 3 aromatic rings. The number of nitrogens with one attached hydrogen (secondary N) is 1. The number of primary amides is 1. The Bertz CT molecular complexity index is 1010. The second-order valence-corrected chi connectivity index (χ2v) is 7.00. The van der Waals surface area contributed by atoms with Gasteiger partial charge in [-0.2, -0.15) is 0 Å². The van der Waals surface area contributed by atoms with E-state index in [4.69, 9.17) is 15.2 Å². The number of aromatic amines is 1. The Balaban J connectivity index is 1.79. The molecule has 1 atom stereocenters. The predicted octanol–water partition coefficient (Wildman–Crippen LogP) is 3.80. The number of methoxy groups -OCH3 is 1. The van der Waals surface area contributed by atoms with E-state index in [1.165, 1.54) is 5.56 Å². The fourth-order valence-electron chi connectivity index (χ4n) is 4.13. The van der Waals surface area contributed by atoms with Crippen LogP contribution >= 0.6 is 0 Å². The third-order valence-electron chi connectivity index (χ3n) is 5.45. The van der Waals surface area contributed by atoms with Crippen molar-refractivity contribution < 1.29 is 14.3 Å². The Kier molecular flexibility index (Phi) is 4.86. The molecule has 0 fully saturated rings. The molecule has 2 heterocycles. The normalized spacial score (nSPS) is 16.1. The van der Waals surface area contributed by atoms with Crippen molar-refractivity contribution in [1.82, 2.24) is 9.88 Å². The number of rotatable bonds is 5. The number of fused-ring (bicyclic) bond motifs is 2. The number of nitrogens with zero attached hydrogens (tertiary/aromatic N) is 1. The Hall–Kier alpha value is -3.15. The van der Waals surface area contributed by atoms with Gasteiger partial charge in [0.25, 0.3) is 0 Å². The van der Waals surface area contributed by atoms with Gasteiger partial charge >= 0.3 is 6.03 Å². The lowest BCUT2D eigenvalue weighted by Crippen LogP contribution is -2.44. The molecule has 6 heteroatoms. The number of nitrogens with two attached hydrogens (primary N) is 1. The zero-order valence-electron chi connectivity index (χ0n) is 16.2. The highest BCUT2D eigenvalue weighted by Gasteiger charge is 2.32. The van der Waals surface area contributed by atoms with E-state index in [2.05, 4.69) is 17.1 Å². The number of H-pyrrole nitrogens is 1. The standard InChI is InChI=1S/C22H25N3O3/c1-3-28-21-12-17-14(11-20(21)27-2)8-9-25(22(23)26)19(17)10-15-13-24-18-7-5-4-6-16(15)18/h4-7,11-13,19,24H,3,8-10H2,1-2H3,(H2,23,26)/t19-/m0/s1. The number of hydrogen-bond donors (Lipinski definition) is 2. The van der Waals surface area contributed by atoms with Crippen molar-refractivity contribution in [2.24, 2.45) is 5.73 Å². The van der Waals surface area contributed by atoms with Crippen molar-refractivity contribution in [2.45, 2.75) is 25.8 Å². The zero-order valence-corrected chi connectivity index (χ0v) is 16.2. The van der Waals surface area contributed by atoms with Crippen molar-refractivity contribution >= 4 is 16.9 Å². The average Bonchev–Trinajstić information content (AvgIpc) is 3.11. The number of amides is 2. The molecule has 28 heavy (non-hydrogen) atoms. The first-order chi connectivity index (χ1) is 13.6. The van der Waals surface area contributed by atoms with E-state index in [9.17, 15) is 4.79 Å². The quantitative estimate of drug-likeness (QED) is 0.708. The maximum Gasteiger partial charge on any atom is 0.315 e. The van der Waals surface area contributed by atoms with E-state index in [1.807, 2.05) is 37.4 Å². The van der Waals surface area contributed by atoms with Crippen LogP contribution in [0.15, 0.2) is 42.6 Å². The van der Waals surface area contributed by atoms with Gasteiger partial charge in [-0.25, -0.2) is 4.79 Å². The van der Waals surface area contributed by atoms with Gasteiger partial charge in [-0.1, -0.05) is 18.2 Å². The zero-order chi connectivity index (χ0) is 19.7. The molecule has 1 aliphatic heterocycles. The summed E-state index contributed by atoms with van der Waals surface area (Å²) in [4.78, 5) is 17.3. The number of benzene rings is 2. The van der Waals surface area contributed by atoms with E-state index in [0.29, 0.717) is 25.3 Å². The first-order valence-electron chi connectivity index (χ1n) is 9.57. The molecule has 0 bridgehead atoms. The minimum absolute atomic E-state index is 0.148. The lowest BCUT2D eigenvalue weighted by atomic mass is 9.88. The number of urea groups is 1. The third-order valence-corrected chi connectivity index (χ3v) is 5.45. The molecule has 3 N–H and O–H groups in total. The first kappa shape index (κ1) is 18.2.